The zero-order chi connectivity index (χ0) is 21.0. The van der Waals surface area contributed by atoms with Crippen molar-refractivity contribution in [2.24, 2.45) is 0 Å². The second-order valence-electron chi connectivity index (χ2n) is 7.01. The van der Waals surface area contributed by atoms with Crippen molar-refractivity contribution in [2.45, 2.75) is 13.8 Å². The molecule has 0 saturated carbocycles. The molecule has 2 aromatic carbocycles. The van der Waals surface area contributed by atoms with Crippen LogP contribution in [0.5, 0.6) is 0 Å². The standard InChI is InChI=1S/C21H23ClN4O3/c1-3-25(11-19(27)24-17-10-15(22)9-8-14(17)2)13-21(29)26-12-20(28)23-16-6-4-5-7-18(16)26/h4-10H,3,11-13H2,1-2H3,(H,23,28)(H,24,27)/p+1. The van der Waals surface area contributed by atoms with Crippen LogP contribution in [0.1, 0.15) is 12.5 Å². The summed E-state index contributed by atoms with van der Waals surface area (Å²) in [5.74, 6) is -0.628. The minimum atomic E-state index is -0.232. The van der Waals surface area contributed by atoms with Crippen molar-refractivity contribution in [3.8, 4) is 0 Å². The van der Waals surface area contributed by atoms with Gasteiger partial charge in [0.05, 0.1) is 17.9 Å². The van der Waals surface area contributed by atoms with Crippen LogP contribution in [0.4, 0.5) is 17.1 Å². The minimum Gasteiger partial charge on any atom is -0.323 e. The van der Waals surface area contributed by atoms with Crippen LogP contribution in [0.15, 0.2) is 42.5 Å². The Balaban J connectivity index is 1.65. The number of rotatable bonds is 6. The molecule has 0 aromatic heterocycles. The van der Waals surface area contributed by atoms with E-state index >= 15 is 0 Å². The average Bonchev–Trinajstić information content (AvgIpc) is 2.69. The third-order valence-corrected chi connectivity index (χ3v) is 5.09. The molecule has 7 nitrogen and oxygen atoms in total. The van der Waals surface area contributed by atoms with Crippen molar-refractivity contribution in [1.29, 1.82) is 0 Å². The third-order valence-electron chi connectivity index (χ3n) is 4.86. The molecule has 0 bridgehead atoms. The molecule has 0 fully saturated rings. The number of likely N-dealkylation sites (N-methyl/N-ethyl adjacent to an activating group) is 1. The van der Waals surface area contributed by atoms with E-state index < -0.39 is 0 Å². The number of nitrogens with zero attached hydrogens (tertiary/aromatic N) is 1. The summed E-state index contributed by atoms with van der Waals surface area (Å²) in [6.45, 7) is 4.61. The molecule has 2 aromatic rings. The second kappa shape index (κ2) is 9.07. The van der Waals surface area contributed by atoms with Gasteiger partial charge in [0.1, 0.15) is 6.54 Å². The van der Waals surface area contributed by atoms with Crippen LogP contribution in [-0.4, -0.2) is 43.9 Å². The Morgan fingerprint density at radius 1 is 1.21 bits per heavy atom. The molecule has 1 unspecified atom stereocenters. The predicted molar refractivity (Wildman–Crippen MR) is 113 cm³/mol. The van der Waals surface area contributed by atoms with Gasteiger partial charge in [0.2, 0.25) is 5.91 Å². The number of carbonyl (C=O) groups excluding carboxylic acids is 3. The lowest BCUT2D eigenvalue weighted by atomic mass is 10.2. The molecule has 3 amide bonds. The van der Waals surface area contributed by atoms with Crippen molar-refractivity contribution in [3.63, 3.8) is 0 Å². The molecule has 29 heavy (non-hydrogen) atoms. The van der Waals surface area contributed by atoms with Gasteiger partial charge in [-0.2, -0.15) is 0 Å². The fraction of sp³-hybridized carbons (Fsp3) is 0.286. The fourth-order valence-corrected chi connectivity index (χ4v) is 3.40. The molecule has 0 spiro atoms. The van der Waals surface area contributed by atoms with Crippen molar-refractivity contribution in [1.82, 2.24) is 0 Å². The number of hydrogen-bond donors (Lipinski definition) is 3. The SMILES string of the molecule is CC[NH+](CC(=O)Nc1cc(Cl)ccc1C)CC(=O)N1CC(=O)Nc2ccccc21. The summed E-state index contributed by atoms with van der Waals surface area (Å²) >= 11 is 6.00. The van der Waals surface area contributed by atoms with Gasteiger partial charge < -0.3 is 15.5 Å². The van der Waals surface area contributed by atoms with Gasteiger partial charge in [-0.05, 0) is 43.7 Å². The lowest BCUT2D eigenvalue weighted by molar-refractivity contribution is -0.881. The highest BCUT2D eigenvalue weighted by atomic mass is 35.5. The molecule has 1 aliphatic rings. The van der Waals surface area contributed by atoms with Crippen LogP contribution in [0, 0.1) is 6.92 Å². The Bertz CT molecular complexity index is 947. The Labute approximate surface area is 174 Å². The highest BCUT2D eigenvalue weighted by molar-refractivity contribution is 6.31. The lowest BCUT2D eigenvalue weighted by Crippen LogP contribution is -3.14. The molecular weight excluding hydrogens is 392 g/mol. The molecule has 152 valence electrons. The van der Waals surface area contributed by atoms with E-state index in [2.05, 4.69) is 10.6 Å². The molecular formula is C21H24ClN4O3+. The summed E-state index contributed by atoms with van der Waals surface area (Å²) in [6.07, 6.45) is 0. The number of benzene rings is 2. The quantitative estimate of drug-likeness (QED) is 0.668. The summed E-state index contributed by atoms with van der Waals surface area (Å²) in [7, 11) is 0. The van der Waals surface area contributed by atoms with Crippen molar-refractivity contribution in [3.05, 3.63) is 53.1 Å². The zero-order valence-electron chi connectivity index (χ0n) is 16.4. The monoisotopic (exact) mass is 415 g/mol. The number of hydrogen-bond acceptors (Lipinski definition) is 3. The molecule has 3 N–H and O–H groups in total. The number of halogens is 1. The number of aryl methyl sites for hydroxylation is 1. The van der Waals surface area contributed by atoms with E-state index in [4.69, 9.17) is 11.6 Å². The van der Waals surface area contributed by atoms with Crippen LogP contribution in [0.3, 0.4) is 0 Å². The number of fused-ring (bicyclic) bond motifs is 1. The maximum Gasteiger partial charge on any atom is 0.282 e. The van der Waals surface area contributed by atoms with Gasteiger partial charge in [-0.15, -0.1) is 0 Å². The van der Waals surface area contributed by atoms with Crippen LogP contribution < -0.4 is 20.4 Å². The summed E-state index contributed by atoms with van der Waals surface area (Å²) in [5, 5.41) is 6.17. The Kier molecular flexibility index (Phi) is 6.51. The number of nitrogens with one attached hydrogen (secondary N) is 3. The first-order chi connectivity index (χ1) is 13.9. The molecule has 0 radical (unpaired) electrons. The van der Waals surface area contributed by atoms with Crippen LogP contribution in [0.25, 0.3) is 0 Å². The lowest BCUT2D eigenvalue weighted by Gasteiger charge is -2.30. The fourth-order valence-electron chi connectivity index (χ4n) is 3.23. The minimum absolute atomic E-state index is 0.0270. The smallest absolute Gasteiger partial charge is 0.282 e. The van der Waals surface area contributed by atoms with Gasteiger partial charge >= 0.3 is 0 Å². The first-order valence-electron chi connectivity index (χ1n) is 9.46. The van der Waals surface area contributed by atoms with Gasteiger partial charge in [-0.3, -0.25) is 19.3 Å². The Hall–Kier alpha value is -2.90. The van der Waals surface area contributed by atoms with E-state index in [0.29, 0.717) is 28.6 Å². The molecule has 8 heteroatoms. The van der Waals surface area contributed by atoms with Crippen LogP contribution in [0.2, 0.25) is 5.02 Å². The molecule has 1 aliphatic heterocycles. The van der Waals surface area contributed by atoms with Crippen molar-refractivity contribution < 1.29 is 19.3 Å². The summed E-state index contributed by atoms with van der Waals surface area (Å²) in [4.78, 5) is 39.6. The number of para-hydroxylation sites is 2. The van der Waals surface area contributed by atoms with Gasteiger partial charge in [0, 0.05) is 10.7 Å². The van der Waals surface area contributed by atoms with E-state index in [1.165, 1.54) is 4.90 Å². The van der Waals surface area contributed by atoms with E-state index in [9.17, 15) is 14.4 Å². The molecule has 1 atom stereocenters. The van der Waals surface area contributed by atoms with E-state index in [1.54, 1.807) is 30.3 Å². The average molecular weight is 416 g/mol. The topological polar surface area (TPSA) is 83.0 Å². The van der Waals surface area contributed by atoms with E-state index in [0.717, 1.165) is 10.5 Å². The third kappa shape index (κ3) is 5.13. The van der Waals surface area contributed by atoms with Crippen molar-refractivity contribution >= 4 is 46.4 Å². The maximum atomic E-state index is 12.9. The first kappa shape index (κ1) is 20.8. The van der Waals surface area contributed by atoms with Crippen LogP contribution >= 0.6 is 11.6 Å². The second-order valence-corrected chi connectivity index (χ2v) is 7.45. The number of quaternary nitrogens is 1. The summed E-state index contributed by atoms with van der Waals surface area (Å²) < 4.78 is 0. The Morgan fingerprint density at radius 3 is 2.72 bits per heavy atom. The van der Waals surface area contributed by atoms with Gasteiger partial charge in [0.15, 0.2) is 13.1 Å². The highest BCUT2D eigenvalue weighted by Gasteiger charge is 2.29. The van der Waals surface area contributed by atoms with Gasteiger partial charge in [-0.1, -0.05) is 29.8 Å². The highest BCUT2D eigenvalue weighted by Crippen LogP contribution is 2.28. The van der Waals surface area contributed by atoms with Crippen LogP contribution in [-0.2, 0) is 14.4 Å². The molecule has 3 rings (SSSR count). The predicted octanol–water partition coefficient (Wildman–Crippen LogP) is 1.48. The van der Waals surface area contributed by atoms with E-state index in [-0.39, 0.29) is 37.4 Å². The first-order valence-corrected chi connectivity index (χ1v) is 9.84. The largest absolute Gasteiger partial charge is 0.323 e. The molecule has 0 aliphatic carbocycles. The van der Waals surface area contributed by atoms with E-state index in [1.807, 2.05) is 26.0 Å². The van der Waals surface area contributed by atoms with Crippen molar-refractivity contribution in [2.75, 3.05) is 41.7 Å². The maximum absolute atomic E-state index is 12.9. The van der Waals surface area contributed by atoms with Gasteiger partial charge in [-0.25, -0.2) is 0 Å². The molecule has 1 heterocycles. The number of carbonyl (C=O) groups is 3. The number of amides is 3. The Morgan fingerprint density at radius 2 is 1.97 bits per heavy atom. The number of anilines is 3. The normalized spacial score (nSPS) is 14.0. The zero-order valence-corrected chi connectivity index (χ0v) is 17.2. The summed E-state index contributed by atoms with van der Waals surface area (Å²) in [6, 6.07) is 12.5. The summed E-state index contributed by atoms with van der Waals surface area (Å²) in [5.41, 5.74) is 2.86. The molecule has 0 saturated heterocycles. The van der Waals surface area contributed by atoms with Gasteiger partial charge in [0.25, 0.3) is 11.8 Å².